The zero-order valence-corrected chi connectivity index (χ0v) is 15.1. The minimum Gasteiger partial charge on any atom is -0.359 e. The molecule has 124 valence electrons. The average molecular weight is 408 g/mol. The number of rotatable bonds is 3. The van der Waals surface area contributed by atoms with Gasteiger partial charge in [-0.15, -0.1) is 0 Å². The highest BCUT2D eigenvalue weighted by Crippen LogP contribution is 2.30. The quantitative estimate of drug-likeness (QED) is 0.708. The Morgan fingerprint density at radius 2 is 1.96 bits per heavy atom. The Kier molecular flexibility index (Phi) is 4.32. The van der Waals surface area contributed by atoms with Gasteiger partial charge >= 0.3 is 0 Å². The van der Waals surface area contributed by atoms with Crippen LogP contribution in [-0.4, -0.2) is 34.1 Å². The minimum atomic E-state index is -0.405. The number of fused-ring (bicyclic) bond motifs is 1. The van der Waals surface area contributed by atoms with Crippen molar-refractivity contribution in [3.63, 3.8) is 0 Å². The molecule has 0 unspecified atom stereocenters. The van der Waals surface area contributed by atoms with Crippen molar-refractivity contribution >= 4 is 48.6 Å². The molecule has 0 amide bonds. The number of anilines is 2. The summed E-state index contributed by atoms with van der Waals surface area (Å²) in [5.74, 6) is 0.192. The van der Waals surface area contributed by atoms with E-state index >= 15 is 0 Å². The molecule has 1 N–H and O–H groups in total. The summed E-state index contributed by atoms with van der Waals surface area (Å²) in [6.07, 6.45) is 4.37. The first-order valence-corrected chi connectivity index (χ1v) is 9.33. The van der Waals surface area contributed by atoms with Gasteiger partial charge in [0.2, 0.25) is 5.95 Å². The van der Waals surface area contributed by atoms with Crippen LogP contribution in [0.1, 0.15) is 12.8 Å². The normalized spacial score (nSPS) is 15.8. The fraction of sp³-hybridized carbons (Fsp3) is 0.312. The van der Waals surface area contributed by atoms with Crippen molar-refractivity contribution in [2.24, 2.45) is 0 Å². The van der Waals surface area contributed by atoms with Gasteiger partial charge in [-0.2, -0.15) is 0 Å². The van der Waals surface area contributed by atoms with Crippen LogP contribution in [0.5, 0.6) is 0 Å². The van der Waals surface area contributed by atoms with E-state index in [2.05, 4.69) is 47.2 Å². The predicted octanol–water partition coefficient (Wildman–Crippen LogP) is 4.07. The lowest BCUT2D eigenvalue weighted by Crippen LogP contribution is -2.39. The minimum absolute atomic E-state index is 0.380. The molecule has 0 aliphatic carbocycles. The highest BCUT2D eigenvalue weighted by molar-refractivity contribution is 9.10. The molecule has 4 rings (SSSR count). The maximum atomic E-state index is 12.9. The molecule has 1 aliphatic rings. The summed E-state index contributed by atoms with van der Waals surface area (Å²) < 4.78 is 15.1. The summed E-state index contributed by atoms with van der Waals surface area (Å²) >= 11 is 5.16. The van der Waals surface area contributed by atoms with Gasteiger partial charge in [-0.05, 0) is 31.0 Å². The second kappa shape index (κ2) is 6.60. The van der Waals surface area contributed by atoms with Crippen LogP contribution in [0.25, 0.3) is 10.2 Å². The van der Waals surface area contributed by atoms with E-state index in [4.69, 9.17) is 0 Å². The first kappa shape index (κ1) is 15.7. The number of nitrogens with one attached hydrogen (secondary N) is 1. The van der Waals surface area contributed by atoms with Gasteiger partial charge in [-0.1, -0.05) is 27.3 Å². The van der Waals surface area contributed by atoms with E-state index in [-0.39, 0.29) is 0 Å². The van der Waals surface area contributed by atoms with Crippen LogP contribution in [0.3, 0.4) is 0 Å². The number of benzene rings is 1. The molecule has 1 fully saturated rings. The van der Waals surface area contributed by atoms with Gasteiger partial charge < -0.3 is 10.2 Å². The number of hydrogen-bond donors (Lipinski definition) is 1. The predicted molar refractivity (Wildman–Crippen MR) is 98.2 cm³/mol. The van der Waals surface area contributed by atoms with Crippen molar-refractivity contribution in [2.75, 3.05) is 23.3 Å². The molecule has 0 radical (unpaired) electrons. The van der Waals surface area contributed by atoms with E-state index in [9.17, 15) is 4.39 Å². The molecular weight excluding hydrogens is 393 g/mol. The maximum absolute atomic E-state index is 12.9. The molecule has 8 heteroatoms. The molecule has 0 atom stereocenters. The molecule has 1 aromatic carbocycles. The molecule has 0 saturated carbocycles. The Balaban J connectivity index is 1.39. The molecule has 1 saturated heterocycles. The number of hydrogen-bond acceptors (Lipinski definition) is 6. The first-order chi connectivity index (χ1) is 11.7. The third-order valence-corrected chi connectivity index (χ3v) is 5.51. The standard InChI is InChI=1S/C16H15BrFN5S/c17-10-1-2-13-14(7-10)24-16(22-13)21-12-3-5-23(6-4-12)15-19-8-11(18)9-20-15/h1-2,7-9,12H,3-6H2,(H,21,22). The van der Waals surface area contributed by atoms with Gasteiger partial charge in [-0.25, -0.2) is 19.3 Å². The summed E-state index contributed by atoms with van der Waals surface area (Å²) in [5, 5.41) is 4.49. The number of nitrogens with zero attached hydrogens (tertiary/aromatic N) is 4. The van der Waals surface area contributed by atoms with Gasteiger partial charge in [0.1, 0.15) is 0 Å². The lowest BCUT2D eigenvalue weighted by molar-refractivity contribution is 0.517. The van der Waals surface area contributed by atoms with Crippen LogP contribution >= 0.6 is 27.3 Å². The fourth-order valence-corrected chi connectivity index (χ4v) is 4.32. The van der Waals surface area contributed by atoms with E-state index < -0.39 is 5.82 Å². The van der Waals surface area contributed by atoms with Crippen molar-refractivity contribution < 1.29 is 4.39 Å². The number of aromatic nitrogens is 3. The van der Waals surface area contributed by atoms with E-state index in [0.29, 0.717) is 12.0 Å². The largest absolute Gasteiger partial charge is 0.359 e. The molecule has 3 heterocycles. The molecule has 2 aromatic heterocycles. The highest BCUT2D eigenvalue weighted by Gasteiger charge is 2.21. The third kappa shape index (κ3) is 3.34. The van der Waals surface area contributed by atoms with Crippen LogP contribution in [0.2, 0.25) is 0 Å². The van der Waals surface area contributed by atoms with Gasteiger partial charge in [0.05, 0.1) is 22.6 Å². The lowest BCUT2D eigenvalue weighted by Gasteiger charge is -2.32. The molecule has 3 aromatic rings. The summed E-state index contributed by atoms with van der Waals surface area (Å²) in [7, 11) is 0. The Morgan fingerprint density at radius 1 is 1.21 bits per heavy atom. The van der Waals surface area contributed by atoms with Crippen molar-refractivity contribution in [1.29, 1.82) is 0 Å². The second-order valence-electron chi connectivity index (χ2n) is 5.74. The highest BCUT2D eigenvalue weighted by atomic mass is 79.9. The summed E-state index contributed by atoms with van der Waals surface area (Å²) in [4.78, 5) is 14.8. The number of halogens is 2. The van der Waals surface area contributed by atoms with E-state index in [1.807, 2.05) is 12.1 Å². The summed E-state index contributed by atoms with van der Waals surface area (Å²) in [5.41, 5.74) is 1.02. The van der Waals surface area contributed by atoms with Gasteiger partial charge in [0.25, 0.3) is 0 Å². The summed E-state index contributed by atoms with van der Waals surface area (Å²) in [6, 6.07) is 6.50. The maximum Gasteiger partial charge on any atom is 0.225 e. The van der Waals surface area contributed by atoms with E-state index in [1.165, 1.54) is 17.1 Å². The van der Waals surface area contributed by atoms with Crippen molar-refractivity contribution in [2.45, 2.75) is 18.9 Å². The van der Waals surface area contributed by atoms with E-state index in [1.54, 1.807) is 11.3 Å². The molecule has 0 bridgehead atoms. The van der Waals surface area contributed by atoms with E-state index in [0.717, 1.165) is 41.1 Å². The first-order valence-electron chi connectivity index (χ1n) is 7.72. The average Bonchev–Trinajstić information content (AvgIpc) is 2.98. The Hall–Kier alpha value is -1.80. The monoisotopic (exact) mass is 407 g/mol. The smallest absolute Gasteiger partial charge is 0.225 e. The topological polar surface area (TPSA) is 53.9 Å². The van der Waals surface area contributed by atoms with Crippen molar-refractivity contribution in [3.05, 3.63) is 40.9 Å². The molecular formula is C16H15BrFN5S. The second-order valence-corrected chi connectivity index (χ2v) is 7.68. The molecule has 1 aliphatic heterocycles. The molecule has 0 spiro atoms. The van der Waals surface area contributed by atoms with Gasteiger partial charge in [0.15, 0.2) is 10.9 Å². The van der Waals surface area contributed by atoms with Crippen LogP contribution < -0.4 is 10.2 Å². The fourth-order valence-electron chi connectivity index (χ4n) is 2.83. The zero-order chi connectivity index (χ0) is 16.5. The Bertz CT molecular complexity index is 845. The van der Waals surface area contributed by atoms with Crippen molar-refractivity contribution in [1.82, 2.24) is 15.0 Å². The van der Waals surface area contributed by atoms with Gasteiger partial charge in [-0.3, -0.25) is 0 Å². The van der Waals surface area contributed by atoms with Crippen molar-refractivity contribution in [3.8, 4) is 0 Å². The Labute approximate surface area is 151 Å². The SMILES string of the molecule is Fc1cnc(N2CCC(Nc3nc4ccc(Br)cc4s3)CC2)nc1. The van der Waals surface area contributed by atoms with Crippen LogP contribution in [0, 0.1) is 5.82 Å². The van der Waals surface area contributed by atoms with Crippen LogP contribution in [0.4, 0.5) is 15.5 Å². The zero-order valence-electron chi connectivity index (χ0n) is 12.7. The molecule has 24 heavy (non-hydrogen) atoms. The Morgan fingerprint density at radius 3 is 2.71 bits per heavy atom. The van der Waals surface area contributed by atoms with Crippen LogP contribution in [0.15, 0.2) is 35.1 Å². The number of thiazole rings is 1. The lowest BCUT2D eigenvalue weighted by atomic mass is 10.1. The number of piperidine rings is 1. The third-order valence-electron chi connectivity index (χ3n) is 4.06. The van der Waals surface area contributed by atoms with Crippen LogP contribution in [-0.2, 0) is 0 Å². The summed E-state index contributed by atoms with van der Waals surface area (Å²) in [6.45, 7) is 1.69. The van der Waals surface area contributed by atoms with Gasteiger partial charge in [0, 0.05) is 23.6 Å². The molecule has 5 nitrogen and oxygen atoms in total.